The van der Waals surface area contributed by atoms with Crippen LogP contribution in [0.3, 0.4) is 0 Å². The summed E-state index contributed by atoms with van der Waals surface area (Å²) in [4.78, 5) is 12.0. The number of sulfonamides is 1. The Morgan fingerprint density at radius 2 is 1.91 bits per heavy atom. The van der Waals surface area contributed by atoms with Gasteiger partial charge in [0.2, 0.25) is 10.0 Å². The number of anilines is 1. The fourth-order valence-electron chi connectivity index (χ4n) is 1.87. The van der Waals surface area contributed by atoms with Crippen LogP contribution in [0.25, 0.3) is 0 Å². The first-order chi connectivity index (χ1) is 10.3. The fraction of sp³-hybridized carbons (Fsp3) is 0.286. The van der Waals surface area contributed by atoms with Gasteiger partial charge in [-0.3, -0.25) is 9.48 Å². The third kappa shape index (κ3) is 4.97. The summed E-state index contributed by atoms with van der Waals surface area (Å²) in [7, 11) is -1.40. The molecule has 0 fully saturated rings. The molecule has 1 aromatic carbocycles. The molecule has 2 N–H and O–H groups in total. The van der Waals surface area contributed by atoms with Gasteiger partial charge in [0.25, 0.3) is 5.91 Å². The first-order valence-electron chi connectivity index (χ1n) is 6.68. The first kappa shape index (κ1) is 16.2. The lowest BCUT2D eigenvalue weighted by Gasteiger charge is -2.05. The lowest BCUT2D eigenvalue weighted by Crippen LogP contribution is -2.24. The second-order valence-corrected chi connectivity index (χ2v) is 6.78. The number of hydrogen-bond acceptors (Lipinski definition) is 4. The van der Waals surface area contributed by atoms with Crippen LogP contribution >= 0.6 is 0 Å². The molecule has 0 bridgehead atoms. The number of benzene rings is 1. The largest absolute Gasteiger partial charge is 0.305 e. The van der Waals surface area contributed by atoms with Crippen LogP contribution in [0.4, 0.5) is 5.82 Å². The molecule has 1 amide bonds. The van der Waals surface area contributed by atoms with Gasteiger partial charge in [-0.2, -0.15) is 5.10 Å². The fourth-order valence-corrected chi connectivity index (χ4v) is 2.35. The van der Waals surface area contributed by atoms with Crippen molar-refractivity contribution in [1.29, 1.82) is 0 Å². The van der Waals surface area contributed by atoms with Crippen LogP contribution in [-0.4, -0.2) is 36.9 Å². The molecule has 0 aliphatic heterocycles. The van der Waals surface area contributed by atoms with Gasteiger partial charge in [0.15, 0.2) is 5.82 Å². The van der Waals surface area contributed by atoms with Gasteiger partial charge in [-0.1, -0.05) is 12.1 Å². The average molecular weight is 322 g/mol. The SMILES string of the molecule is Cn1ccc(NC(=O)c2ccc(CCNS(C)(=O)=O)cc2)n1. The van der Waals surface area contributed by atoms with E-state index in [9.17, 15) is 13.2 Å². The topological polar surface area (TPSA) is 93.1 Å². The number of aromatic nitrogens is 2. The predicted molar refractivity (Wildman–Crippen MR) is 84.2 cm³/mol. The van der Waals surface area contributed by atoms with Crippen molar-refractivity contribution in [3.63, 3.8) is 0 Å². The minimum absolute atomic E-state index is 0.237. The molecular weight excluding hydrogens is 304 g/mol. The van der Waals surface area contributed by atoms with Crippen molar-refractivity contribution in [2.24, 2.45) is 7.05 Å². The van der Waals surface area contributed by atoms with Gasteiger partial charge in [-0.05, 0) is 24.1 Å². The molecule has 2 aromatic rings. The lowest BCUT2D eigenvalue weighted by atomic mass is 10.1. The van der Waals surface area contributed by atoms with E-state index in [0.29, 0.717) is 24.3 Å². The summed E-state index contributed by atoms with van der Waals surface area (Å²) in [5.41, 5.74) is 1.47. The Hall–Kier alpha value is -2.19. The second kappa shape index (κ2) is 6.71. The standard InChI is InChI=1S/C14H18N4O3S/c1-18-10-8-13(17-18)16-14(19)12-5-3-11(4-6-12)7-9-15-22(2,20)21/h3-6,8,10,15H,7,9H2,1-2H3,(H,16,17,19). The maximum atomic E-state index is 12.0. The molecule has 2 rings (SSSR count). The summed E-state index contributed by atoms with van der Waals surface area (Å²) < 4.78 is 26.0. The number of aryl methyl sites for hydroxylation is 1. The van der Waals surface area contributed by atoms with Crippen LogP contribution in [0, 0.1) is 0 Å². The van der Waals surface area contributed by atoms with E-state index in [1.165, 1.54) is 0 Å². The number of hydrogen-bond donors (Lipinski definition) is 2. The van der Waals surface area contributed by atoms with Crippen molar-refractivity contribution in [2.75, 3.05) is 18.1 Å². The minimum Gasteiger partial charge on any atom is -0.305 e. The Balaban J connectivity index is 1.92. The molecule has 0 aliphatic carbocycles. The summed E-state index contributed by atoms with van der Waals surface area (Å²) in [5, 5.41) is 6.78. The van der Waals surface area contributed by atoms with Gasteiger partial charge in [0, 0.05) is 31.4 Å². The molecule has 0 atom stereocenters. The van der Waals surface area contributed by atoms with E-state index in [2.05, 4.69) is 15.1 Å². The monoisotopic (exact) mass is 322 g/mol. The molecule has 0 radical (unpaired) electrons. The first-order valence-corrected chi connectivity index (χ1v) is 8.57. The highest BCUT2D eigenvalue weighted by molar-refractivity contribution is 7.88. The van der Waals surface area contributed by atoms with E-state index >= 15 is 0 Å². The Morgan fingerprint density at radius 1 is 1.23 bits per heavy atom. The van der Waals surface area contributed by atoms with Crippen LogP contribution in [-0.2, 0) is 23.5 Å². The highest BCUT2D eigenvalue weighted by atomic mass is 32.2. The molecule has 22 heavy (non-hydrogen) atoms. The van der Waals surface area contributed by atoms with Crippen LogP contribution in [0.2, 0.25) is 0 Å². The summed E-state index contributed by atoms with van der Waals surface area (Å²) in [5.74, 6) is 0.258. The summed E-state index contributed by atoms with van der Waals surface area (Å²) >= 11 is 0. The highest BCUT2D eigenvalue weighted by Crippen LogP contribution is 2.08. The van der Waals surface area contributed by atoms with Crippen molar-refractivity contribution in [3.05, 3.63) is 47.7 Å². The van der Waals surface area contributed by atoms with Gasteiger partial charge in [0.05, 0.1) is 6.26 Å². The number of carbonyl (C=O) groups excluding carboxylic acids is 1. The van der Waals surface area contributed by atoms with E-state index in [4.69, 9.17) is 0 Å². The van der Waals surface area contributed by atoms with Crippen molar-refractivity contribution >= 4 is 21.7 Å². The van der Waals surface area contributed by atoms with E-state index in [1.54, 1.807) is 48.3 Å². The number of nitrogens with zero attached hydrogens (tertiary/aromatic N) is 2. The summed E-state index contributed by atoms with van der Waals surface area (Å²) in [6, 6.07) is 8.72. The number of carbonyl (C=O) groups is 1. The minimum atomic E-state index is -3.17. The zero-order chi connectivity index (χ0) is 16.2. The quantitative estimate of drug-likeness (QED) is 0.821. The van der Waals surface area contributed by atoms with Crippen molar-refractivity contribution < 1.29 is 13.2 Å². The molecule has 0 unspecified atom stereocenters. The smallest absolute Gasteiger partial charge is 0.256 e. The van der Waals surface area contributed by atoms with Gasteiger partial charge in [0.1, 0.15) is 0 Å². The van der Waals surface area contributed by atoms with Gasteiger partial charge in [-0.15, -0.1) is 0 Å². The molecule has 0 spiro atoms. The van der Waals surface area contributed by atoms with E-state index in [1.807, 2.05) is 0 Å². The highest BCUT2D eigenvalue weighted by Gasteiger charge is 2.07. The Kier molecular flexibility index (Phi) is 4.94. The van der Waals surface area contributed by atoms with Gasteiger partial charge >= 0.3 is 0 Å². The van der Waals surface area contributed by atoms with Crippen molar-refractivity contribution in [2.45, 2.75) is 6.42 Å². The molecule has 1 heterocycles. The maximum absolute atomic E-state index is 12.0. The Bertz CT molecular complexity index is 751. The maximum Gasteiger partial charge on any atom is 0.256 e. The van der Waals surface area contributed by atoms with Crippen LogP contribution in [0.5, 0.6) is 0 Å². The van der Waals surface area contributed by atoms with Crippen LogP contribution in [0.1, 0.15) is 15.9 Å². The molecule has 0 aliphatic rings. The second-order valence-electron chi connectivity index (χ2n) is 4.94. The zero-order valence-corrected chi connectivity index (χ0v) is 13.2. The van der Waals surface area contributed by atoms with Crippen LogP contribution in [0.15, 0.2) is 36.5 Å². The molecular formula is C14H18N4O3S. The van der Waals surface area contributed by atoms with Crippen LogP contribution < -0.4 is 10.0 Å². The van der Waals surface area contributed by atoms with E-state index in [-0.39, 0.29) is 5.91 Å². The molecule has 0 saturated carbocycles. The third-order valence-electron chi connectivity index (χ3n) is 2.95. The van der Waals surface area contributed by atoms with E-state index in [0.717, 1.165) is 11.8 Å². The molecule has 8 heteroatoms. The summed E-state index contributed by atoms with van der Waals surface area (Å²) in [6.45, 7) is 0.332. The molecule has 1 aromatic heterocycles. The molecule has 118 valence electrons. The number of amides is 1. The predicted octanol–water partition coefficient (Wildman–Crippen LogP) is 0.764. The number of rotatable bonds is 6. The summed E-state index contributed by atoms with van der Waals surface area (Å²) in [6.07, 6.45) is 3.43. The average Bonchev–Trinajstić information content (AvgIpc) is 2.83. The zero-order valence-electron chi connectivity index (χ0n) is 12.4. The normalized spacial score (nSPS) is 11.4. The third-order valence-corrected chi connectivity index (χ3v) is 3.68. The molecule has 7 nitrogen and oxygen atoms in total. The number of nitrogens with one attached hydrogen (secondary N) is 2. The van der Waals surface area contributed by atoms with Crippen molar-refractivity contribution in [3.8, 4) is 0 Å². The Morgan fingerprint density at radius 3 is 2.45 bits per heavy atom. The lowest BCUT2D eigenvalue weighted by molar-refractivity contribution is 0.102. The van der Waals surface area contributed by atoms with Crippen molar-refractivity contribution in [1.82, 2.24) is 14.5 Å². The Labute approximate surface area is 129 Å². The van der Waals surface area contributed by atoms with Gasteiger partial charge in [-0.25, -0.2) is 13.1 Å². The van der Waals surface area contributed by atoms with Gasteiger partial charge < -0.3 is 5.32 Å². The van der Waals surface area contributed by atoms with E-state index < -0.39 is 10.0 Å². The molecule has 0 saturated heterocycles.